The van der Waals surface area contributed by atoms with Gasteiger partial charge in [0.25, 0.3) is 5.69 Å². The molecule has 0 fully saturated rings. The van der Waals surface area contributed by atoms with Gasteiger partial charge in [0.05, 0.1) is 25.2 Å². The molecule has 0 saturated heterocycles. The SMILES string of the molecule is COCCCNc1cc(OC)c(OC)cc1[N+](=O)[O-]. The van der Waals surface area contributed by atoms with Crippen molar-refractivity contribution in [1.82, 2.24) is 0 Å². The molecule has 106 valence electrons. The van der Waals surface area contributed by atoms with Gasteiger partial charge in [-0.15, -0.1) is 0 Å². The predicted molar refractivity (Wildman–Crippen MR) is 71.2 cm³/mol. The van der Waals surface area contributed by atoms with E-state index in [0.29, 0.717) is 30.3 Å². The number of hydrogen-bond donors (Lipinski definition) is 1. The molecule has 7 heteroatoms. The summed E-state index contributed by atoms with van der Waals surface area (Å²) in [6.07, 6.45) is 0.752. The van der Waals surface area contributed by atoms with E-state index in [1.54, 1.807) is 13.2 Å². The summed E-state index contributed by atoms with van der Waals surface area (Å²) in [5.41, 5.74) is 0.355. The van der Waals surface area contributed by atoms with Gasteiger partial charge in [0.2, 0.25) is 0 Å². The topological polar surface area (TPSA) is 82.9 Å². The first-order valence-electron chi connectivity index (χ1n) is 5.77. The first kappa shape index (κ1) is 15.0. The molecular weight excluding hydrogens is 252 g/mol. The molecule has 0 unspecified atom stereocenters. The number of hydrogen-bond acceptors (Lipinski definition) is 6. The highest BCUT2D eigenvalue weighted by molar-refractivity contribution is 5.68. The van der Waals surface area contributed by atoms with E-state index in [2.05, 4.69) is 5.32 Å². The summed E-state index contributed by atoms with van der Waals surface area (Å²) in [5.74, 6) is 0.777. The Hall–Kier alpha value is -2.02. The van der Waals surface area contributed by atoms with Gasteiger partial charge >= 0.3 is 0 Å². The normalized spacial score (nSPS) is 10.1. The van der Waals surface area contributed by atoms with Crippen LogP contribution in [-0.4, -0.2) is 39.4 Å². The maximum atomic E-state index is 11.0. The molecule has 0 aliphatic heterocycles. The fourth-order valence-corrected chi connectivity index (χ4v) is 1.60. The van der Waals surface area contributed by atoms with Crippen LogP contribution >= 0.6 is 0 Å². The van der Waals surface area contributed by atoms with Gasteiger partial charge in [-0.2, -0.15) is 0 Å². The summed E-state index contributed by atoms with van der Waals surface area (Å²) in [5, 5.41) is 14.0. The van der Waals surface area contributed by atoms with E-state index in [-0.39, 0.29) is 5.69 Å². The fraction of sp³-hybridized carbons (Fsp3) is 0.500. The van der Waals surface area contributed by atoms with Crippen molar-refractivity contribution in [3.63, 3.8) is 0 Å². The maximum Gasteiger partial charge on any atom is 0.296 e. The summed E-state index contributed by atoms with van der Waals surface area (Å²) in [6.45, 7) is 1.16. The number of nitro groups is 1. The number of benzene rings is 1. The van der Waals surface area contributed by atoms with Gasteiger partial charge in [0.1, 0.15) is 5.69 Å². The van der Waals surface area contributed by atoms with Crippen molar-refractivity contribution in [3.05, 3.63) is 22.2 Å². The first-order chi connectivity index (χ1) is 9.13. The highest BCUT2D eigenvalue weighted by Crippen LogP contribution is 2.37. The van der Waals surface area contributed by atoms with Gasteiger partial charge in [-0.1, -0.05) is 0 Å². The molecule has 0 bridgehead atoms. The minimum Gasteiger partial charge on any atom is -0.493 e. The van der Waals surface area contributed by atoms with Gasteiger partial charge in [-0.25, -0.2) is 0 Å². The van der Waals surface area contributed by atoms with Gasteiger partial charge < -0.3 is 19.5 Å². The number of ether oxygens (including phenoxy) is 3. The molecule has 0 heterocycles. The lowest BCUT2D eigenvalue weighted by Gasteiger charge is -2.11. The van der Waals surface area contributed by atoms with Crippen LogP contribution in [-0.2, 0) is 4.74 Å². The molecule has 7 nitrogen and oxygen atoms in total. The van der Waals surface area contributed by atoms with E-state index in [1.807, 2.05) is 0 Å². The first-order valence-corrected chi connectivity index (χ1v) is 5.77. The second-order valence-electron chi connectivity index (χ2n) is 3.75. The van der Waals surface area contributed by atoms with Gasteiger partial charge in [-0.3, -0.25) is 10.1 Å². The smallest absolute Gasteiger partial charge is 0.296 e. The van der Waals surface area contributed by atoms with E-state index in [4.69, 9.17) is 14.2 Å². The standard InChI is InChI=1S/C12H18N2O5/c1-17-6-4-5-13-9-7-11(18-2)12(19-3)8-10(9)14(15)16/h7-8,13H,4-6H2,1-3H3. The maximum absolute atomic E-state index is 11.0. The van der Waals surface area contributed by atoms with Crippen LogP contribution in [0.3, 0.4) is 0 Å². The van der Waals surface area contributed by atoms with Crippen molar-refractivity contribution < 1.29 is 19.1 Å². The number of anilines is 1. The van der Waals surface area contributed by atoms with E-state index < -0.39 is 4.92 Å². The van der Waals surface area contributed by atoms with Crippen LogP contribution in [0.15, 0.2) is 12.1 Å². The second-order valence-corrected chi connectivity index (χ2v) is 3.75. The molecule has 0 aromatic heterocycles. The second kappa shape index (κ2) is 7.42. The number of rotatable bonds is 8. The third-order valence-electron chi connectivity index (χ3n) is 2.54. The molecule has 0 saturated carbocycles. The highest BCUT2D eigenvalue weighted by atomic mass is 16.6. The monoisotopic (exact) mass is 270 g/mol. The lowest BCUT2D eigenvalue weighted by molar-refractivity contribution is -0.384. The molecule has 1 aromatic rings. The Labute approximate surface area is 111 Å². The van der Waals surface area contributed by atoms with Crippen molar-refractivity contribution in [2.75, 3.05) is 39.8 Å². The number of methoxy groups -OCH3 is 3. The minimum absolute atomic E-state index is 0.0462. The molecule has 1 aromatic carbocycles. The summed E-state index contributed by atoms with van der Waals surface area (Å²) >= 11 is 0. The number of nitrogens with one attached hydrogen (secondary N) is 1. The Kier molecular flexibility index (Phi) is 5.87. The Bertz CT molecular complexity index is 436. The molecular formula is C12H18N2O5. The van der Waals surface area contributed by atoms with E-state index >= 15 is 0 Å². The van der Waals surface area contributed by atoms with Crippen molar-refractivity contribution >= 4 is 11.4 Å². The van der Waals surface area contributed by atoms with Crippen molar-refractivity contribution in [2.24, 2.45) is 0 Å². The highest BCUT2D eigenvalue weighted by Gasteiger charge is 2.19. The van der Waals surface area contributed by atoms with Crippen molar-refractivity contribution in [2.45, 2.75) is 6.42 Å². The average Bonchev–Trinajstić information content (AvgIpc) is 2.42. The molecule has 0 radical (unpaired) electrons. The van der Waals surface area contributed by atoms with Crippen LogP contribution in [0.5, 0.6) is 11.5 Å². The molecule has 1 N–H and O–H groups in total. The summed E-state index contributed by atoms with van der Waals surface area (Å²) in [7, 11) is 4.53. The molecule has 0 atom stereocenters. The van der Waals surface area contributed by atoms with Crippen LogP contribution in [0.2, 0.25) is 0 Å². The number of nitrogens with zero attached hydrogens (tertiary/aromatic N) is 1. The van der Waals surface area contributed by atoms with E-state index in [1.165, 1.54) is 20.3 Å². The van der Waals surface area contributed by atoms with Crippen LogP contribution in [0.4, 0.5) is 11.4 Å². The van der Waals surface area contributed by atoms with Gasteiger partial charge in [0, 0.05) is 26.3 Å². The zero-order chi connectivity index (χ0) is 14.3. The third-order valence-corrected chi connectivity index (χ3v) is 2.54. The summed E-state index contributed by atoms with van der Waals surface area (Å²) < 4.78 is 15.1. The lowest BCUT2D eigenvalue weighted by atomic mass is 10.2. The lowest BCUT2D eigenvalue weighted by Crippen LogP contribution is -2.07. The average molecular weight is 270 g/mol. The van der Waals surface area contributed by atoms with Gasteiger partial charge in [-0.05, 0) is 6.42 Å². The predicted octanol–water partition coefficient (Wildman–Crippen LogP) is 2.06. The Morgan fingerprint density at radius 1 is 1.21 bits per heavy atom. The fourth-order valence-electron chi connectivity index (χ4n) is 1.60. The van der Waals surface area contributed by atoms with Crippen LogP contribution in [0.25, 0.3) is 0 Å². The minimum atomic E-state index is -0.458. The van der Waals surface area contributed by atoms with E-state index in [9.17, 15) is 10.1 Å². The van der Waals surface area contributed by atoms with Crippen molar-refractivity contribution in [1.29, 1.82) is 0 Å². The third kappa shape index (κ3) is 3.99. The molecule has 0 aliphatic rings. The molecule has 0 amide bonds. The molecule has 0 aliphatic carbocycles. The Balaban J connectivity index is 2.96. The zero-order valence-electron chi connectivity index (χ0n) is 11.3. The summed E-state index contributed by atoms with van der Waals surface area (Å²) in [6, 6.07) is 2.90. The van der Waals surface area contributed by atoms with Gasteiger partial charge in [0.15, 0.2) is 11.5 Å². The van der Waals surface area contributed by atoms with Crippen LogP contribution in [0, 0.1) is 10.1 Å². The number of nitro benzene ring substituents is 1. The van der Waals surface area contributed by atoms with E-state index in [0.717, 1.165) is 6.42 Å². The molecule has 0 spiro atoms. The largest absolute Gasteiger partial charge is 0.493 e. The summed E-state index contributed by atoms with van der Waals surface area (Å²) in [4.78, 5) is 10.6. The van der Waals surface area contributed by atoms with Crippen LogP contribution in [0.1, 0.15) is 6.42 Å². The zero-order valence-corrected chi connectivity index (χ0v) is 11.3. The van der Waals surface area contributed by atoms with Crippen molar-refractivity contribution in [3.8, 4) is 11.5 Å². The quantitative estimate of drug-likeness (QED) is 0.442. The van der Waals surface area contributed by atoms with Crippen LogP contribution < -0.4 is 14.8 Å². The molecule has 1 rings (SSSR count). The Morgan fingerprint density at radius 2 is 1.84 bits per heavy atom. The Morgan fingerprint density at radius 3 is 2.37 bits per heavy atom. The molecule has 19 heavy (non-hydrogen) atoms.